The monoisotopic (exact) mass is 472 g/mol. The Labute approximate surface area is 211 Å². The fourth-order valence-corrected chi connectivity index (χ4v) is 9.76. The van der Waals surface area contributed by atoms with Crippen molar-refractivity contribution >= 4 is 5.78 Å². The molecule has 1 unspecified atom stereocenters. The lowest BCUT2D eigenvalue weighted by Crippen LogP contribution is -2.54. The summed E-state index contributed by atoms with van der Waals surface area (Å²) in [6, 6.07) is 0. The van der Waals surface area contributed by atoms with E-state index in [1.54, 1.807) is 0 Å². The van der Waals surface area contributed by atoms with Gasteiger partial charge in [0.25, 0.3) is 0 Å². The molecule has 0 heterocycles. The van der Waals surface area contributed by atoms with E-state index in [9.17, 15) is 4.79 Å². The quantitative estimate of drug-likeness (QED) is 0.335. The van der Waals surface area contributed by atoms with Crippen molar-refractivity contribution in [3.63, 3.8) is 0 Å². The van der Waals surface area contributed by atoms with Crippen LogP contribution in [0.1, 0.15) is 126 Å². The molecule has 0 aromatic rings. The lowest BCUT2D eigenvalue weighted by Gasteiger charge is -2.61. The zero-order valence-corrected chi connectivity index (χ0v) is 23.7. The summed E-state index contributed by atoms with van der Waals surface area (Å²) in [4.78, 5) is 12.1. The maximum Gasteiger partial charge on any atom is 0.160 e. The zero-order chi connectivity index (χ0) is 24.7. The number of fused-ring (bicyclic) bond motifs is 5. The van der Waals surface area contributed by atoms with Crippen LogP contribution < -0.4 is 0 Å². The minimum absolute atomic E-state index is 0.0917. The van der Waals surface area contributed by atoms with Gasteiger partial charge in [0.15, 0.2) is 5.78 Å². The molecule has 196 valence electrons. The van der Waals surface area contributed by atoms with Crippen molar-refractivity contribution in [2.24, 2.45) is 58.2 Å². The van der Waals surface area contributed by atoms with Crippen LogP contribution in [-0.4, -0.2) is 18.5 Å². The number of carbonyl (C=O) groups is 1. The number of ether oxygens (including phenoxy) is 1. The first-order valence-corrected chi connectivity index (χ1v) is 15.2. The molecule has 9 atom stereocenters. The summed E-state index contributed by atoms with van der Waals surface area (Å²) in [6.07, 6.45) is 17.1. The highest BCUT2D eigenvalue weighted by atomic mass is 16.5. The Kier molecular flexibility index (Phi) is 8.28. The zero-order valence-electron chi connectivity index (χ0n) is 23.7. The van der Waals surface area contributed by atoms with E-state index in [2.05, 4.69) is 34.6 Å². The fraction of sp³-hybridized carbons (Fsp3) is 0.969. The molecule has 4 fully saturated rings. The largest absolute Gasteiger partial charge is 0.370 e. The number of hydrogen-bond donors (Lipinski definition) is 0. The van der Waals surface area contributed by atoms with Crippen LogP contribution in [0.3, 0.4) is 0 Å². The molecule has 4 aliphatic carbocycles. The normalized spacial score (nSPS) is 42.9. The minimum Gasteiger partial charge on any atom is -0.370 e. The summed E-state index contributed by atoms with van der Waals surface area (Å²) in [5.41, 5.74) is 1.10. The highest BCUT2D eigenvalue weighted by Gasteiger charge is 2.60. The molecule has 0 N–H and O–H groups in total. The fourth-order valence-electron chi connectivity index (χ4n) is 9.76. The van der Waals surface area contributed by atoms with Crippen molar-refractivity contribution in [3.05, 3.63) is 0 Å². The predicted octanol–water partition coefficient (Wildman–Crippen LogP) is 8.72. The van der Waals surface area contributed by atoms with Crippen molar-refractivity contribution in [2.45, 2.75) is 132 Å². The summed E-state index contributed by atoms with van der Waals surface area (Å²) in [6.45, 7) is 17.0. The molecule has 2 heteroatoms. The number of ketones is 1. The summed E-state index contributed by atoms with van der Waals surface area (Å²) in [7, 11) is 0. The molecule has 0 bridgehead atoms. The second-order valence-corrected chi connectivity index (χ2v) is 14.5. The molecule has 0 aromatic carbocycles. The maximum atomic E-state index is 12.1. The van der Waals surface area contributed by atoms with Crippen LogP contribution in [-0.2, 0) is 9.53 Å². The van der Waals surface area contributed by atoms with Crippen molar-refractivity contribution < 1.29 is 9.53 Å². The Bertz CT molecular complexity index is 697. The molecule has 0 radical (unpaired) electrons. The number of Topliss-reactive ketones (excluding diaryl/α,β-unsaturated/α-hetero) is 1. The van der Waals surface area contributed by atoms with Crippen molar-refractivity contribution in [1.82, 2.24) is 0 Å². The second kappa shape index (κ2) is 10.5. The Morgan fingerprint density at radius 3 is 2.26 bits per heavy atom. The molecule has 2 nitrogen and oxygen atoms in total. The third-order valence-corrected chi connectivity index (χ3v) is 11.9. The Morgan fingerprint density at radius 1 is 0.853 bits per heavy atom. The van der Waals surface area contributed by atoms with Crippen molar-refractivity contribution in [1.29, 1.82) is 0 Å². The van der Waals surface area contributed by atoms with E-state index in [1.165, 1.54) is 77.0 Å². The maximum absolute atomic E-state index is 12.1. The van der Waals surface area contributed by atoms with E-state index in [0.29, 0.717) is 23.5 Å². The minimum atomic E-state index is 0.0917. The predicted molar refractivity (Wildman–Crippen MR) is 143 cm³/mol. The van der Waals surface area contributed by atoms with Gasteiger partial charge in [-0.15, -0.1) is 0 Å². The van der Waals surface area contributed by atoms with Crippen LogP contribution in [0.2, 0.25) is 0 Å². The molecule has 0 aliphatic heterocycles. The number of rotatable bonds is 9. The molecular weight excluding hydrogens is 416 g/mol. The second-order valence-electron chi connectivity index (χ2n) is 14.5. The van der Waals surface area contributed by atoms with E-state index in [0.717, 1.165) is 41.4 Å². The van der Waals surface area contributed by atoms with Gasteiger partial charge >= 0.3 is 0 Å². The van der Waals surface area contributed by atoms with Crippen LogP contribution in [0.4, 0.5) is 0 Å². The Morgan fingerprint density at radius 2 is 1.56 bits per heavy atom. The first-order chi connectivity index (χ1) is 16.1. The third-order valence-electron chi connectivity index (χ3n) is 11.9. The number of hydrogen-bond acceptors (Lipinski definition) is 2. The summed E-state index contributed by atoms with van der Waals surface area (Å²) >= 11 is 0. The molecule has 0 spiro atoms. The van der Waals surface area contributed by atoms with Gasteiger partial charge in [0.1, 0.15) is 6.61 Å². The van der Waals surface area contributed by atoms with E-state index in [4.69, 9.17) is 4.74 Å². The first-order valence-electron chi connectivity index (χ1n) is 15.2. The lowest BCUT2D eigenvalue weighted by atomic mass is 9.44. The summed E-state index contributed by atoms with van der Waals surface area (Å²) < 4.78 is 6.16. The van der Waals surface area contributed by atoms with Gasteiger partial charge in [-0.1, -0.05) is 67.7 Å². The van der Waals surface area contributed by atoms with Gasteiger partial charge in [0, 0.05) is 5.92 Å². The van der Waals surface area contributed by atoms with E-state index in [-0.39, 0.29) is 11.7 Å². The van der Waals surface area contributed by atoms with Gasteiger partial charge in [-0.25, -0.2) is 0 Å². The van der Waals surface area contributed by atoms with Crippen LogP contribution in [0.15, 0.2) is 0 Å². The van der Waals surface area contributed by atoms with Gasteiger partial charge < -0.3 is 4.74 Å². The highest BCUT2D eigenvalue weighted by Crippen LogP contribution is 2.68. The van der Waals surface area contributed by atoms with Gasteiger partial charge in [0.05, 0.1) is 6.10 Å². The standard InChI is InChI=1S/C32H56O2/c1-21(2)9-8-10-23(5)27-13-14-28-26-12-11-24-19-25(34-20-30(33)22(3)4)15-17-31(24,6)29(26)16-18-32(27,28)7/h21-29H,8-20H2,1-7H3/t23-,24?,25+,26+,27-,28+,29+,31+,32-/m1/s1. The molecule has 4 aliphatic rings. The van der Waals surface area contributed by atoms with Crippen LogP contribution in [0.25, 0.3) is 0 Å². The Balaban J connectivity index is 1.38. The van der Waals surface area contributed by atoms with E-state index in [1.807, 2.05) is 13.8 Å². The summed E-state index contributed by atoms with van der Waals surface area (Å²) in [5.74, 6) is 6.73. The van der Waals surface area contributed by atoms with E-state index >= 15 is 0 Å². The number of carbonyl (C=O) groups excluding carboxylic acids is 1. The van der Waals surface area contributed by atoms with Crippen molar-refractivity contribution in [3.8, 4) is 0 Å². The summed E-state index contributed by atoms with van der Waals surface area (Å²) in [5, 5.41) is 0. The van der Waals surface area contributed by atoms with Gasteiger partial charge in [-0.2, -0.15) is 0 Å². The average molecular weight is 473 g/mol. The molecule has 4 rings (SSSR count). The molecule has 0 amide bonds. The molecule has 0 aromatic heterocycles. The molecule has 4 saturated carbocycles. The highest BCUT2D eigenvalue weighted by molar-refractivity contribution is 5.81. The average Bonchev–Trinajstić information content (AvgIpc) is 3.14. The smallest absolute Gasteiger partial charge is 0.160 e. The molecular formula is C32H56O2. The van der Waals surface area contributed by atoms with Crippen molar-refractivity contribution in [2.75, 3.05) is 6.61 Å². The SMILES string of the molecule is CC(C)CCC[C@@H](C)[C@H]1CC[C@H]2[C@@H]3CCC4C[C@@H](OCC(=O)C(C)C)CC[C@]4(C)[C@H]3CC[C@]12C. The topological polar surface area (TPSA) is 26.3 Å². The Hall–Kier alpha value is -0.370. The molecule has 34 heavy (non-hydrogen) atoms. The first kappa shape index (κ1) is 26.7. The van der Waals surface area contributed by atoms with Gasteiger partial charge in [-0.05, 0) is 110 Å². The van der Waals surface area contributed by atoms with Crippen LogP contribution >= 0.6 is 0 Å². The van der Waals surface area contributed by atoms with Gasteiger partial charge in [-0.3, -0.25) is 4.79 Å². The van der Waals surface area contributed by atoms with E-state index < -0.39 is 0 Å². The van der Waals surface area contributed by atoms with Gasteiger partial charge in [0.2, 0.25) is 0 Å². The van der Waals surface area contributed by atoms with Crippen LogP contribution in [0, 0.1) is 58.2 Å². The third kappa shape index (κ3) is 5.05. The lowest BCUT2D eigenvalue weighted by molar-refractivity contribution is -0.144. The molecule has 0 saturated heterocycles. The van der Waals surface area contributed by atoms with Crippen LogP contribution in [0.5, 0.6) is 0 Å².